The zero-order valence-electron chi connectivity index (χ0n) is 32.8. The van der Waals surface area contributed by atoms with Crippen molar-refractivity contribution < 1.29 is 28.4 Å². The number of unbranched alkanes of at least 4 members (excludes halogenated alkanes) is 12. The zero-order valence-corrected chi connectivity index (χ0v) is 33.7. The van der Waals surface area contributed by atoms with Crippen molar-refractivity contribution in [2.24, 2.45) is 5.73 Å². The van der Waals surface area contributed by atoms with Crippen LogP contribution in [-0.2, 0) is 18.4 Å². The van der Waals surface area contributed by atoms with E-state index in [1.165, 1.54) is 38.5 Å². The minimum Gasteiger partial charge on any atom is -0.387 e. The lowest BCUT2D eigenvalue weighted by Gasteiger charge is -2.23. The van der Waals surface area contributed by atoms with Gasteiger partial charge in [-0.1, -0.05) is 144 Å². The summed E-state index contributed by atoms with van der Waals surface area (Å²) < 4.78 is 22.0. The molecule has 8 nitrogen and oxygen atoms in total. The molecular formula is C43H75N2O6P. The van der Waals surface area contributed by atoms with E-state index in [2.05, 4.69) is 92.1 Å². The quantitative estimate of drug-likeness (QED) is 0.0285. The van der Waals surface area contributed by atoms with Crippen molar-refractivity contribution in [2.45, 2.75) is 161 Å². The third-order valence-electron chi connectivity index (χ3n) is 8.18. The van der Waals surface area contributed by atoms with Crippen molar-refractivity contribution in [3.05, 3.63) is 85.1 Å². The summed E-state index contributed by atoms with van der Waals surface area (Å²) in [6, 6.07) is -0.895. The van der Waals surface area contributed by atoms with E-state index in [1.54, 1.807) is 6.08 Å². The van der Waals surface area contributed by atoms with E-state index in [9.17, 15) is 19.4 Å². The number of phosphoric acid groups is 1. The molecule has 3 atom stereocenters. The molecule has 0 aromatic carbocycles. The first-order chi connectivity index (χ1) is 25.4. The SMILES string of the molecule is CC/C=C\C/C=C\C/C=C\C/C=C\CCCCCCCCC(=O)NC(COP(=O)(O)OCCN)C(O)/C=C/CC/C=C/CC/C=C/CCCCCC. The van der Waals surface area contributed by atoms with E-state index in [-0.39, 0.29) is 25.7 Å². The largest absolute Gasteiger partial charge is 0.472 e. The third kappa shape index (κ3) is 36.1. The second-order valence-electron chi connectivity index (χ2n) is 13.1. The molecule has 0 aliphatic carbocycles. The predicted octanol–water partition coefficient (Wildman–Crippen LogP) is 11.0. The van der Waals surface area contributed by atoms with Crippen LogP contribution in [0.2, 0.25) is 0 Å². The number of amides is 1. The topological polar surface area (TPSA) is 131 Å². The average Bonchev–Trinajstić information content (AvgIpc) is 3.13. The van der Waals surface area contributed by atoms with Crippen LogP contribution in [0.3, 0.4) is 0 Å². The Bertz CT molecular complexity index is 1080. The van der Waals surface area contributed by atoms with Crippen LogP contribution in [0.1, 0.15) is 149 Å². The van der Waals surface area contributed by atoms with Gasteiger partial charge in [-0.05, 0) is 83.5 Å². The second-order valence-corrected chi connectivity index (χ2v) is 14.5. The van der Waals surface area contributed by atoms with Crippen molar-refractivity contribution in [3.63, 3.8) is 0 Å². The van der Waals surface area contributed by atoms with E-state index >= 15 is 0 Å². The molecule has 0 radical (unpaired) electrons. The minimum atomic E-state index is -4.36. The highest BCUT2D eigenvalue weighted by molar-refractivity contribution is 7.47. The predicted molar refractivity (Wildman–Crippen MR) is 221 cm³/mol. The van der Waals surface area contributed by atoms with Gasteiger partial charge in [-0.2, -0.15) is 0 Å². The highest BCUT2D eigenvalue weighted by Crippen LogP contribution is 2.43. The number of carbonyl (C=O) groups is 1. The maximum Gasteiger partial charge on any atom is 0.472 e. The lowest BCUT2D eigenvalue weighted by atomic mass is 10.1. The summed E-state index contributed by atoms with van der Waals surface area (Å²) >= 11 is 0. The molecule has 3 unspecified atom stereocenters. The number of rotatable bonds is 36. The van der Waals surface area contributed by atoms with Gasteiger partial charge in [-0.15, -0.1) is 0 Å². The maximum atomic E-state index is 12.7. The normalized spacial score (nSPS) is 15.1. The molecule has 0 rings (SSSR count). The van der Waals surface area contributed by atoms with Gasteiger partial charge in [0.1, 0.15) is 0 Å². The number of nitrogens with one attached hydrogen (secondary N) is 1. The molecule has 0 aromatic heterocycles. The Labute approximate surface area is 318 Å². The molecular weight excluding hydrogens is 671 g/mol. The average molecular weight is 747 g/mol. The smallest absolute Gasteiger partial charge is 0.387 e. The first-order valence-corrected chi connectivity index (χ1v) is 21.7. The highest BCUT2D eigenvalue weighted by Gasteiger charge is 2.26. The Hall–Kier alpha value is -2.32. The van der Waals surface area contributed by atoms with Gasteiger partial charge >= 0.3 is 7.82 Å². The lowest BCUT2D eigenvalue weighted by Crippen LogP contribution is -2.45. The fourth-order valence-electron chi connectivity index (χ4n) is 5.15. The molecule has 0 bridgehead atoms. The molecule has 0 aromatic rings. The summed E-state index contributed by atoms with van der Waals surface area (Å²) in [4.78, 5) is 22.6. The number of allylic oxidation sites excluding steroid dienone is 13. The van der Waals surface area contributed by atoms with Gasteiger partial charge in [0.15, 0.2) is 0 Å². The maximum absolute atomic E-state index is 12.7. The monoisotopic (exact) mass is 747 g/mol. The first-order valence-electron chi connectivity index (χ1n) is 20.2. The van der Waals surface area contributed by atoms with Gasteiger partial charge in [0.2, 0.25) is 5.91 Å². The summed E-state index contributed by atoms with van der Waals surface area (Å²) in [5, 5.41) is 13.6. The summed E-state index contributed by atoms with van der Waals surface area (Å²) in [7, 11) is -4.36. The number of phosphoric ester groups is 1. The molecule has 298 valence electrons. The van der Waals surface area contributed by atoms with Gasteiger partial charge in [-0.3, -0.25) is 13.8 Å². The fourth-order valence-corrected chi connectivity index (χ4v) is 5.91. The standard InChI is InChI=1S/C43H75N2O6P/c1-3-5-7-9-11-13-15-17-19-20-21-22-23-25-27-29-31-33-35-37-43(47)45-41(40-51-52(48,49)50-39-38-44)42(46)36-34-32-30-28-26-24-18-16-14-12-10-8-6-4-2/h5,7,11,13-14,16-17,19,21-22,26,28,34,36,41-42,46H,3-4,6,8-10,12,15,18,20,23-25,27,29-33,35,37-40,44H2,1-2H3,(H,45,47)(H,48,49)/b7-5-,13-11-,16-14+,19-17-,22-21-,28-26+,36-34+. The van der Waals surface area contributed by atoms with Crippen LogP contribution in [0, 0.1) is 0 Å². The summed E-state index contributed by atoms with van der Waals surface area (Å²) in [6.45, 7) is 3.93. The summed E-state index contributed by atoms with van der Waals surface area (Å²) in [5.41, 5.74) is 5.36. The number of hydrogen-bond acceptors (Lipinski definition) is 6. The molecule has 0 fully saturated rings. The van der Waals surface area contributed by atoms with E-state index < -0.39 is 20.0 Å². The van der Waals surface area contributed by atoms with E-state index in [4.69, 9.17) is 14.8 Å². The Kier molecular flexibility index (Phi) is 36.7. The summed E-state index contributed by atoms with van der Waals surface area (Å²) in [5.74, 6) is -0.228. The fraction of sp³-hybridized carbons (Fsp3) is 0.651. The van der Waals surface area contributed by atoms with Gasteiger partial charge in [0, 0.05) is 13.0 Å². The Morgan fingerprint density at radius 1 is 0.654 bits per heavy atom. The number of aliphatic hydroxyl groups excluding tert-OH is 1. The molecule has 5 N–H and O–H groups in total. The van der Waals surface area contributed by atoms with E-state index in [0.717, 1.165) is 89.9 Å². The van der Waals surface area contributed by atoms with Crippen LogP contribution in [0.15, 0.2) is 85.1 Å². The zero-order chi connectivity index (χ0) is 38.2. The van der Waals surface area contributed by atoms with Crippen molar-refractivity contribution in [1.29, 1.82) is 0 Å². The molecule has 0 heterocycles. The van der Waals surface area contributed by atoms with Crippen LogP contribution < -0.4 is 11.1 Å². The summed E-state index contributed by atoms with van der Waals surface area (Å²) in [6.07, 6.45) is 50.6. The van der Waals surface area contributed by atoms with Crippen molar-refractivity contribution >= 4 is 13.7 Å². The van der Waals surface area contributed by atoms with Crippen LogP contribution in [0.5, 0.6) is 0 Å². The second kappa shape index (κ2) is 38.4. The van der Waals surface area contributed by atoms with Gasteiger partial charge < -0.3 is 21.1 Å². The lowest BCUT2D eigenvalue weighted by molar-refractivity contribution is -0.123. The molecule has 0 aliphatic rings. The third-order valence-corrected chi connectivity index (χ3v) is 9.17. The van der Waals surface area contributed by atoms with Crippen molar-refractivity contribution in [1.82, 2.24) is 5.32 Å². The molecule has 0 spiro atoms. The van der Waals surface area contributed by atoms with Crippen molar-refractivity contribution in [3.8, 4) is 0 Å². The Morgan fingerprint density at radius 3 is 1.71 bits per heavy atom. The van der Waals surface area contributed by atoms with Gasteiger partial charge in [-0.25, -0.2) is 4.57 Å². The number of hydrogen-bond donors (Lipinski definition) is 4. The molecule has 52 heavy (non-hydrogen) atoms. The number of aliphatic hydroxyl groups is 1. The van der Waals surface area contributed by atoms with E-state index in [1.807, 2.05) is 6.08 Å². The van der Waals surface area contributed by atoms with Gasteiger partial charge in [0.05, 0.1) is 25.4 Å². The van der Waals surface area contributed by atoms with Crippen LogP contribution in [0.4, 0.5) is 0 Å². The number of nitrogens with two attached hydrogens (primary N) is 1. The minimum absolute atomic E-state index is 0.0645. The molecule has 9 heteroatoms. The number of carbonyl (C=O) groups excluding carboxylic acids is 1. The Morgan fingerprint density at radius 2 is 1.13 bits per heavy atom. The van der Waals surface area contributed by atoms with Crippen LogP contribution >= 0.6 is 7.82 Å². The molecule has 0 aliphatic heterocycles. The molecule has 0 saturated carbocycles. The molecule has 1 amide bonds. The van der Waals surface area contributed by atoms with Crippen molar-refractivity contribution in [2.75, 3.05) is 19.8 Å². The van der Waals surface area contributed by atoms with Crippen LogP contribution in [-0.4, -0.2) is 47.8 Å². The highest BCUT2D eigenvalue weighted by atomic mass is 31.2. The Balaban J connectivity index is 4.37. The molecule has 0 saturated heterocycles. The van der Waals surface area contributed by atoms with Gasteiger partial charge in [0.25, 0.3) is 0 Å². The first kappa shape index (κ1) is 49.7. The van der Waals surface area contributed by atoms with Crippen LogP contribution in [0.25, 0.3) is 0 Å². The van der Waals surface area contributed by atoms with E-state index in [0.29, 0.717) is 6.42 Å².